The summed E-state index contributed by atoms with van der Waals surface area (Å²) in [5.74, 6) is -2.07. The summed E-state index contributed by atoms with van der Waals surface area (Å²) in [5.41, 5.74) is -2.23. The van der Waals surface area contributed by atoms with Gasteiger partial charge in [-0.25, -0.2) is 26.6 Å². The first-order valence-corrected chi connectivity index (χ1v) is 16.2. The molecule has 8 nitrogen and oxygen atoms in total. The molecule has 2 aromatic carbocycles. The van der Waals surface area contributed by atoms with Crippen molar-refractivity contribution in [3.63, 3.8) is 0 Å². The fourth-order valence-corrected chi connectivity index (χ4v) is 8.24. The summed E-state index contributed by atoms with van der Waals surface area (Å²) in [5, 5.41) is 0.664. The molecule has 0 N–H and O–H groups in total. The molecule has 2 atom stereocenters. The van der Waals surface area contributed by atoms with Crippen LogP contribution < -0.4 is 4.74 Å². The Morgan fingerprint density at radius 2 is 1.74 bits per heavy atom. The van der Waals surface area contributed by atoms with E-state index in [-0.39, 0.29) is 24.0 Å². The number of hydrogen-bond donors (Lipinski definition) is 0. The number of hydrogen-bond acceptors (Lipinski definition) is 6. The predicted octanol–water partition coefficient (Wildman–Crippen LogP) is 5.60. The van der Waals surface area contributed by atoms with E-state index in [0.717, 1.165) is 22.7 Å². The molecule has 1 saturated heterocycles. The quantitative estimate of drug-likeness (QED) is 0.342. The van der Waals surface area contributed by atoms with Crippen LogP contribution in [0.3, 0.4) is 0 Å². The Morgan fingerprint density at radius 3 is 2.33 bits per heavy atom. The van der Waals surface area contributed by atoms with E-state index in [0.29, 0.717) is 42.5 Å². The summed E-state index contributed by atoms with van der Waals surface area (Å²) in [6, 6.07) is 8.42. The lowest BCUT2D eigenvalue weighted by molar-refractivity contribution is 0.0180. The number of fused-ring (bicyclic) bond motifs is 3. The molecule has 0 aliphatic carbocycles. The van der Waals surface area contributed by atoms with Crippen LogP contribution >= 0.6 is 0 Å². The number of halogens is 3. The highest BCUT2D eigenvalue weighted by Gasteiger charge is 2.54. The first kappa shape index (κ1) is 31.3. The van der Waals surface area contributed by atoms with Crippen molar-refractivity contribution in [2.24, 2.45) is 0 Å². The van der Waals surface area contributed by atoms with Crippen LogP contribution in [-0.2, 0) is 26.7 Å². The van der Waals surface area contributed by atoms with Crippen molar-refractivity contribution in [2.45, 2.75) is 70.7 Å². The van der Waals surface area contributed by atoms with E-state index in [2.05, 4.69) is 0 Å². The maximum Gasteiger partial charge on any atom is 0.419 e. The van der Waals surface area contributed by atoms with Gasteiger partial charge >= 0.3 is 6.09 Å². The molecular formula is C31H38F3N3O5S. The van der Waals surface area contributed by atoms with Crippen LogP contribution in [0.2, 0.25) is 0 Å². The van der Waals surface area contributed by atoms with Crippen LogP contribution in [0.15, 0.2) is 36.4 Å². The fourth-order valence-electron chi connectivity index (χ4n) is 6.67. The van der Waals surface area contributed by atoms with E-state index >= 15 is 8.78 Å². The maximum absolute atomic E-state index is 16.3. The number of sulfonamides is 1. The van der Waals surface area contributed by atoms with E-state index in [1.807, 2.05) is 4.90 Å². The van der Waals surface area contributed by atoms with Gasteiger partial charge in [-0.1, -0.05) is 18.2 Å². The lowest BCUT2D eigenvalue weighted by Crippen LogP contribution is -2.57. The molecule has 43 heavy (non-hydrogen) atoms. The highest BCUT2D eigenvalue weighted by molar-refractivity contribution is 7.88. The van der Waals surface area contributed by atoms with Crippen LogP contribution in [0.1, 0.15) is 57.9 Å². The number of rotatable bonds is 7. The van der Waals surface area contributed by atoms with E-state index in [1.165, 1.54) is 11.5 Å². The summed E-state index contributed by atoms with van der Waals surface area (Å²) < 4.78 is 85.7. The molecule has 0 radical (unpaired) electrons. The summed E-state index contributed by atoms with van der Waals surface area (Å²) in [6.07, 6.45) is 0.497. The van der Waals surface area contributed by atoms with Crippen LogP contribution in [0.5, 0.6) is 5.75 Å². The first-order chi connectivity index (χ1) is 20.1. The Morgan fingerprint density at radius 1 is 1.12 bits per heavy atom. The number of likely N-dealkylation sites (tertiary alicyclic amines) is 1. The van der Waals surface area contributed by atoms with Crippen molar-refractivity contribution in [2.75, 3.05) is 32.6 Å². The van der Waals surface area contributed by atoms with Gasteiger partial charge in [-0.2, -0.15) is 4.31 Å². The minimum absolute atomic E-state index is 0.0415. The molecule has 2 aliphatic rings. The van der Waals surface area contributed by atoms with E-state index < -0.39 is 57.2 Å². The molecule has 5 rings (SSSR count). The van der Waals surface area contributed by atoms with Crippen LogP contribution in [0.4, 0.5) is 18.0 Å². The molecule has 2 aliphatic heterocycles. The molecular weight excluding hydrogens is 583 g/mol. The third-order valence-electron chi connectivity index (χ3n) is 8.05. The highest BCUT2D eigenvalue weighted by Crippen LogP contribution is 2.50. The topological polar surface area (TPSA) is 81.1 Å². The third kappa shape index (κ3) is 5.64. The van der Waals surface area contributed by atoms with Gasteiger partial charge in [0.15, 0.2) is 0 Å². The zero-order chi connectivity index (χ0) is 31.5. The van der Waals surface area contributed by atoms with Crippen molar-refractivity contribution in [3.8, 4) is 5.75 Å². The van der Waals surface area contributed by atoms with E-state index in [4.69, 9.17) is 9.47 Å². The van der Waals surface area contributed by atoms with Crippen molar-refractivity contribution < 1.29 is 35.9 Å². The molecule has 1 fully saturated rings. The van der Waals surface area contributed by atoms with Crippen molar-refractivity contribution in [1.82, 2.24) is 13.8 Å². The number of para-hydroxylation sites is 1. The number of ether oxygens (including phenoxy) is 2. The van der Waals surface area contributed by atoms with Gasteiger partial charge in [-0.05, 0) is 59.1 Å². The van der Waals surface area contributed by atoms with Gasteiger partial charge in [0.1, 0.15) is 34.6 Å². The average Bonchev–Trinajstić information content (AvgIpc) is 3.18. The van der Waals surface area contributed by atoms with Gasteiger partial charge in [-0.3, -0.25) is 9.29 Å². The van der Waals surface area contributed by atoms with Gasteiger partial charge < -0.3 is 9.47 Å². The Kier molecular flexibility index (Phi) is 8.11. The van der Waals surface area contributed by atoms with Crippen molar-refractivity contribution in [1.29, 1.82) is 0 Å². The SMILES string of the molecule is CC1Cc2c(n(C(=O)OC(C)(C)C)c3ccccc23)C(C)(c2c(F)cc(OC3CN(CCCF)C3)cc2F)N1S(C)(=O)=O. The van der Waals surface area contributed by atoms with Gasteiger partial charge in [-0.15, -0.1) is 0 Å². The lowest BCUT2D eigenvalue weighted by atomic mass is 9.79. The standard InChI is InChI=1S/C31H38F3N3O5S/c1-19-14-23-22-10-7-8-11-26(22)36(29(38)42-30(2,3)4)28(23)31(5,37(19)43(6,39)40)27-24(33)15-20(16-25(27)34)41-21-17-35(18-21)13-9-12-32/h7-8,10-11,15-16,19,21H,9,12-14,17-18H2,1-6H3. The zero-order valence-corrected chi connectivity index (χ0v) is 26.1. The second kappa shape index (κ2) is 11.1. The van der Waals surface area contributed by atoms with E-state index in [1.54, 1.807) is 52.0 Å². The number of nitrogens with zero attached hydrogens (tertiary/aromatic N) is 3. The molecule has 0 amide bonds. The van der Waals surface area contributed by atoms with Gasteiger partial charge in [0.25, 0.3) is 0 Å². The number of carbonyl (C=O) groups excluding carboxylic acids is 1. The Balaban J connectivity index is 1.69. The molecule has 0 saturated carbocycles. The fraction of sp³-hybridized carbons (Fsp3) is 0.516. The molecule has 3 aromatic rings. The molecule has 0 spiro atoms. The monoisotopic (exact) mass is 621 g/mol. The molecule has 0 bridgehead atoms. The Labute approximate surface area is 250 Å². The number of aromatic nitrogens is 1. The molecule has 3 heterocycles. The summed E-state index contributed by atoms with van der Waals surface area (Å²) in [4.78, 5) is 15.8. The minimum Gasteiger partial charge on any atom is -0.488 e. The first-order valence-electron chi connectivity index (χ1n) is 14.4. The van der Waals surface area contributed by atoms with Crippen LogP contribution in [0, 0.1) is 11.6 Å². The summed E-state index contributed by atoms with van der Waals surface area (Å²) in [7, 11) is -4.09. The normalized spacial score (nSPS) is 21.9. The van der Waals surface area contributed by atoms with Crippen LogP contribution in [-0.4, -0.2) is 78.6 Å². The minimum atomic E-state index is -4.09. The average molecular weight is 622 g/mol. The smallest absolute Gasteiger partial charge is 0.419 e. The molecule has 12 heteroatoms. The Hall–Kier alpha value is -3.09. The summed E-state index contributed by atoms with van der Waals surface area (Å²) >= 11 is 0. The third-order valence-corrected chi connectivity index (χ3v) is 9.49. The van der Waals surface area contributed by atoms with Gasteiger partial charge in [0.05, 0.1) is 29.7 Å². The predicted molar refractivity (Wildman–Crippen MR) is 158 cm³/mol. The number of benzene rings is 2. The molecule has 234 valence electrons. The molecule has 1 aromatic heterocycles. The largest absolute Gasteiger partial charge is 0.488 e. The van der Waals surface area contributed by atoms with Gasteiger partial charge in [0.2, 0.25) is 10.0 Å². The number of carbonyl (C=O) groups is 1. The summed E-state index contributed by atoms with van der Waals surface area (Å²) in [6.45, 7) is 9.37. The lowest BCUT2D eigenvalue weighted by Gasteiger charge is -2.47. The number of alkyl halides is 1. The second-order valence-corrected chi connectivity index (χ2v) is 14.5. The molecule has 2 unspecified atom stereocenters. The van der Waals surface area contributed by atoms with Crippen LogP contribution in [0.25, 0.3) is 10.9 Å². The Bertz CT molecular complexity index is 1640. The second-order valence-electron chi connectivity index (χ2n) is 12.6. The van der Waals surface area contributed by atoms with Gasteiger partial charge in [0, 0.05) is 43.2 Å². The van der Waals surface area contributed by atoms with Crippen molar-refractivity contribution >= 4 is 27.0 Å². The highest BCUT2D eigenvalue weighted by atomic mass is 32.2. The van der Waals surface area contributed by atoms with E-state index in [9.17, 15) is 17.6 Å². The zero-order valence-electron chi connectivity index (χ0n) is 25.3. The maximum atomic E-state index is 16.3. The van der Waals surface area contributed by atoms with Crippen molar-refractivity contribution in [3.05, 3.63) is 64.9 Å².